The third kappa shape index (κ3) is 3.33. The maximum absolute atomic E-state index is 14.1. The summed E-state index contributed by atoms with van der Waals surface area (Å²) < 4.78 is 0. The summed E-state index contributed by atoms with van der Waals surface area (Å²) in [6, 6.07) is 11.2. The third-order valence-electron chi connectivity index (χ3n) is 8.93. The molecule has 0 bridgehead atoms. The lowest BCUT2D eigenvalue weighted by Gasteiger charge is -2.53. The fourth-order valence-electron chi connectivity index (χ4n) is 7.16. The minimum atomic E-state index is -2.95. The number of rotatable bonds is 3. The van der Waals surface area contributed by atoms with Gasteiger partial charge in [-0.1, -0.05) is 25.1 Å². The summed E-state index contributed by atoms with van der Waals surface area (Å²) in [5.74, 6) is -9.26. The molecule has 0 spiro atoms. The minimum absolute atomic E-state index is 0.137. The Kier molecular flexibility index (Phi) is 5.73. The summed E-state index contributed by atoms with van der Waals surface area (Å²) in [6.07, 6.45) is -1.66. The quantitative estimate of drug-likeness (QED) is 0.234. The van der Waals surface area contributed by atoms with E-state index in [4.69, 9.17) is 5.73 Å². The van der Waals surface area contributed by atoms with E-state index in [-0.39, 0.29) is 11.3 Å². The number of phenols is 1. The number of aromatic hydroxyl groups is 1. The van der Waals surface area contributed by atoms with Crippen molar-refractivity contribution in [1.82, 2.24) is 9.88 Å². The number of hydrogen-bond acceptors (Lipinski definition) is 9. The first-order valence-electron chi connectivity index (χ1n) is 13.1. The van der Waals surface area contributed by atoms with Gasteiger partial charge in [-0.3, -0.25) is 19.3 Å². The SMILES string of the molecule is C[C@@H]1c2c(-c3cc4ccccc4[nH]3)ccc(O)c2C(=O)C2=C(O)[C@]3(O)C(=O)C(C(N)=O)=C(O)[C@@H](N(C)C)[C@@H]3[C@H](O)[C@@H]21. The molecular formula is C30H29N3O8. The molecule has 0 saturated heterocycles. The van der Waals surface area contributed by atoms with Gasteiger partial charge in [0, 0.05) is 33.7 Å². The molecular weight excluding hydrogens is 530 g/mol. The van der Waals surface area contributed by atoms with Gasteiger partial charge < -0.3 is 36.3 Å². The van der Waals surface area contributed by atoms with Gasteiger partial charge in [0.15, 0.2) is 11.4 Å². The number of Topliss-reactive ketones (excluding diaryl/α,β-unsaturated/α-hetero) is 2. The molecule has 0 aliphatic heterocycles. The largest absolute Gasteiger partial charge is 0.510 e. The van der Waals surface area contributed by atoms with Crippen molar-refractivity contribution >= 4 is 28.4 Å². The third-order valence-corrected chi connectivity index (χ3v) is 8.93. The van der Waals surface area contributed by atoms with Crippen LogP contribution in [0.1, 0.15) is 28.8 Å². The van der Waals surface area contributed by atoms with Gasteiger partial charge in [-0.25, -0.2) is 0 Å². The molecule has 11 heteroatoms. The maximum atomic E-state index is 14.1. The van der Waals surface area contributed by atoms with Crippen molar-refractivity contribution in [3.05, 3.63) is 76.3 Å². The second-order valence-electron chi connectivity index (χ2n) is 11.2. The number of nitrogens with zero attached hydrogens (tertiary/aromatic N) is 1. The highest BCUT2D eigenvalue weighted by Crippen LogP contribution is 2.56. The summed E-state index contributed by atoms with van der Waals surface area (Å²) >= 11 is 0. The summed E-state index contributed by atoms with van der Waals surface area (Å²) in [4.78, 5) is 44.4. The predicted octanol–water partition coefficient (Wildman–Crippen LogP) is 1.80. The number of nitrogens with two attached hydrogens (primary N) is 1. The zero-order valence-electron chi connectivity index (χ0n) is 22.4. The van der Waals surface area contributed by atoms with Crippen molar-refractivity contribution in [1.29, 1.82) is 0 Å². The van der Waals surface area contributed by atoms with Gasteiger partial charge in [-0.05, 0) is 49.8 Å². The standard InChI is InChI=1S/C30H29N3O8/c1-11-17-13(15-10-12-6-4-5-7-14(12)32-15)8-9-16(34)19(17)24(35)20-18(11)25(36)22-23(33(2)3)26(37)21(29(31)40)28(39)30(22,41)27(20)38/h4-11,18,22-23,25,32,34,36-38,41H,1-3H3,(H2,31,40)/t11-,18-,22-,23+,25-,30+/m1/s1. The van der Waals surface area contributed by atoms with Crippen LogP contribution in [0, 0.1) is 11.8 Å². The van der Waals surface area contributed by atoms with Crippen LogP contribution in [-0.2, 0) is 9.59 Å². The molecule has 6 rings (SSSR count). The molecule has 0 unspecified atom stereocenters. The summed E-state index contributed by atoms with van der Waals surface area (Å²) in [5.41, 5.74) is 3.41. The molecule has 3 aliphatic carbocycles. The molecule has 2 aromatic carbocycles. The van der Waals surface area contributed by atoms with E-state index in [1.165, 1.54) is 25.1 Å². The van der Waals surface area contributed by atoms with Gasteiger partial charge in [0.25, 0.3) is 5.91 Å². The normalized spacial score (nSPS) is 29.6. The maximum Gasteiger partial charge on any atom is 0.255 e. The molecule has 1 amide bonds. The second kappa shape index (κ2) is 8.77. The lowest BCUT2D eigenvalue weighted by atomic mass is 9.55. The number of nitrogens with one attached hydrogen (secondary N) is 1. The lowest BCUT2D eigenvalue weighted by Crippen LogP contribution is -2.68. The zero-order valence-corrected chi connectivity index (χ0v) is 22.4. The average Bonchev–Trinajstić information content (AvgIpc) is 3.34. The van der Waals surface area contributed by atoms with Crippen LogP contribution in [0.15, 0.2) is 65.1 Å². The van der Waals surface area contributed by atoms with E-state index in [0.717, 1.165) is 10.9 Å². The first kappa shape index (κ1) is 26.8. The molecule has 0 saturated carbocycles. The number of primary amides is 1. The Balaban J connectivity index is 1.62. The molecule has 41 heavy (non-hydrogen) atoms. The number of fused-ring (bicyclic) bond motifs is 4. The molecule has 8 N–H and O–H groups in total. The summed E-state index contributed by atoms with van der Waals surface area (Å²) in [5, 5.41) is 58.0. The Labute approximate surface area is 233 Å². The molecule has 1 heterocycles. The van der Waals surface area contributed by atoms with Crippen LogP contribution in [0.25, 0.3) is 22.2 Å². The smallest absolute Gasteiger partial charge is 0.255 e. The van der Waals surface area contributed by atoms with E-state index in [1.807, 2.05) is 30.3 Å². The highest BCUT2D eigenvalue weighted by molar-refractivity contribution is 6.25. The lowest BCUT2D eigenvalue weighted by molar-refractivity contribution is -0.162. The number of aromatic amines is 1. The van der Waals surface area contributed by atoms with Crippen molar-refractivity contribution in [2.24, 2.45) is 17.6 Å². The van der Waals surface area contributed by atoms with E-state index in [2.05, 4.69) is 4.98 Å². The predicted molar refractivity (Wildman–Crippen MR) is 147 cm³/mol. The van der Waals surface area contributed by atoms with Gasteiger partial charge in [0.2, 0.25) is 5.78 Å². The Morgan fingerprint density at radius 3 is 2.39 bits per heavy atom. The molecule has 6 atom stereocenters. The number of aliphatic hydroxyl groups excluding tert-OH is 3. The first-order chi connectivity index (χ1) is 19.3. The van der Waals surface area contributed by atoms with E-state index < -0.39 is 75.6 Å². The van der Waals surface area contributed by atoms with Gasteiger partial charge in [0.05, 0.1) is 23.6 Å². The minimum Gasteiger partial charge on any atom is -0.510 e. The number of ketones is 2. The van der Waals surface area contributed by atoms with Crippen molar-refractivity contribution < 1.29 is 39.9 Å². The summed E-state index contributed by atoms with van der Waals surface area (Å²) in [6.45, 7) is 1.71. The van der Waals surface area contributed by atoms with Gasteiger partial charge in [-0.15, -0.1) is 0 Å². The van der Waals surface area contributed by atoms with Gasteiger partial charge in [-0.2, -0.15) is 0 Å². The number of likely N-dealkylation sites (N-methyl/N-ethyl adjacent to an activating group) is 1. The number of H-pyrrole nitrogens is 1. The Hall–Kier alpha value is -4.45. The topological polar surface area (TPSA) is 197 Å². The van der Waals surface area contributed by atoms with E-state index in [1.54, 1.807) is 13.0 Å². The van der Waals surface area contributed by atoms with Gasteiger partial charge >= 0.3 is 0 Å². The van der Waals surface area contributed by atoms with E-state index in [0.29, 0.717) is 16.8 Å². The Morgan fingerprint density at radius 1 is 1.07 bits per heavy atom. The average molecular weight is 560 g/mol. The molecule has 212 valence electrons. The summed E-state index contributed by atoms with van der Waals surface area (Å²) in [7, 11) is 2.99. The van der Waals surface area contributed by atoms with Crippen molar-refractivity contribution in [3.63, 3.8) is 0 Å². The number of para-hydroxylation sites is 1. The Morgan fingerprint density at radius 2 is 1.76 bits per heavy atom. The van der Waals surface area contributed by atoms with Crippen LogP contribution in [-0.4, -0.2) is 84.7 Å². The number of aromatic nitrogens is 1. The number of phenolic OH excluding ortho intramolecular Hbond substituents is 1. The molecule has 3 aromatic rings. The fourth-order valence-corrected chi connectivity index (χ4v) is 7.16. The van der Waals surface area contributed by atoms with Crippen molar-refractivity contribution in [3.8, 4) is 17.0 Å². The highest BCUT2D eigenvalue weighted by atomic mass is 16.4. The number of carbonyl (C=O) groups is 3. The van der Waals surface area contributed by atoms with Crippen LogP contribution in [0.2, 0.25) is 0 Å². The van der Waals surface area contributed by atoms with Crippen LogP contribution in [0.4, 0.5) is 0 Å². The van der Waals surface area contributed by atoms with Crippen molar-refractivity contribution in [2.45, 2.75) is 30.6 Å². The number of benzene rings is 2. The number of hydrogen-bond donors (Lipinski definition) is 7. The molecule has 0 radical (unpaired) electrons. The van der Waals surface area contributed by atoms with Crippen LogP contribution in [0.3, 0.4) is 0 Å². The molecule has 11 nitrogen and oxygen atoms in total. The zero-order chi connectivity index (χ0) is 29.7. The molecule has 0 fully saturated rings. The van der Waals surface area contributed by atoms with E-state index >= 15 is 0 Å². The first-order valence-corrected chi connectivity index (χ1v) is 13.1. The van der Waals surface area contributed by atoms with Gasteiger partial charge in [0.1, 0.15) is 22.8 Å². The van der Waals surface area contributed by atoms with E-state index in [9.17, 15) is 39.9 Å². The molecule has 3 aliphatic rings. The number of carbonyl (C=O) groups excluding carboxylic acids is 3. The van der Waals surface area contributed by atoms with Crippen LogP contribution in [0.5, 0.6) is 5.75 Å². The number of aliphatic hydroxyl groups is 4. The highest BCUT2D eigenvalue weighted by Gasteiger charge is 2.67. The van der Waals surface area contributed by atoms with Crippen molar-refractivity contribution in [2.75, 3.05) is 14.1 Å². The molecule has 1 aromatic heterocycles. The monoisotopic (exact) mass is 559 g/mol. The fraction of sp³-hybridized carbons (Fsp3) is 0.300. The van der Waals surface area contributed by atoms with Crippen LogP contribution >= 0.6 is 0 Å². The second-order valence-corrected chi connectivity index (χ2v) is 11.2. The van der Waals surface area contributed by atoms with Crippen LogP contribution < -0.4 is 5.73 Å². The Bertz CT molecular complexity index is 1720. The number of amides is 1.